The van der Waals surface area contributed by atoms with Crippen LogP contribution in [-0.2, 0) is 11.3 Å². The first-order valence-electron chi connectivity index (χ1n) is 6.54. The van der Waals surface area contributed by atoms with Gasteiger partial charge in [0.05, 0.1) is 23.7 Å². The highest BCUT2D eigenvalue weighted by molar-refractivity contribution is 5.74. The Bertz CT molecular complexity index is 599. The fraction of sp³-hybridized carbons (Fsp3) is 0.583. The van der Waals surface area contributed by atoms with Gasteiger partial charge in [-0.2, -0.15) is 5.10 Å². The molecule has 2 heterocycles. The SMILES string of the molecule is CCC(CC)(Cn1nnnc1-c1cn[nH]c1C)C(=O)O. The molecule has 0 aliphatic heterocycles. The maximum absolute atomic E-state index is 11.6. The number of carboxylic acid groups (broad SMARTS) is 1. The van der Waals surface area contributed by atoms with E-state index < -0.39 is 11.4 Å². The van der Waals surface area contributed by atoms with Gasteiger partial charge in [-0.15, -0.1) is 5.10 Å². The minimum absolute atomic E-state index is 0.238. The smallest absolute Gasteiger partial charge is 0.311 e. The summed E-state index contributed by atoms with van der Waals surface area (Å²) in [5, 5.41) is 27.8. The van der Waals surface area contributed by atoms with Crippen LogP contribution in [0.3, 0.4) is 0 Å². The minimum atomic E-state index is -0.859. The third kappa shape index (κ3) is 2.28. The molecule has 0 amide bonds. The van der Waals surface area contributed by atoms with Crippen molar-refractivity contribution in [2.75, 3.05) is 0 Å². The predicted octanol–water partition coefficient (Wildman–Crippen LogP) is 1.26. The Kier molecular flexibility index (Phi) is 3.82. The number of rotatable bonds is 6. The van der Waals surface area contributed by atoms with Gasteiger partial charge in [-0.25, -0.2) is 4.68 Å². The number of hydrogen-bond acceptors (Lipinski definition) is 5. The Morgan fingerprint density at radius 2 is 2.15 bits per heavy atom. The van der Waals surface area contributed by atoms with Gasteiger partial charge in [0.1, 0.15) is 0 Å². The quantitative estimate of drug-likeness (QED) is 0.823. The molecule has 108 valence electrons. The van der Waals surface area contributed by atoms with Crippen LogP contribution in [0.1, 0.15) is 32.4 Å². The van der Waals surface area contributed by atoms with Crippen molar-refractivity contribution in [2.24, 2.45) is 5.41 Å². The zero-order valence-corrected chi connectivity index (χ0v) is 11.8. The molecule has 0 atom stereocenters. The van der Waals surface area contributed by atoms with E-state index in [0.717, 1.165) is 11.3 Å². The third-order valence-corrected chi connectivity index (χ3v) is 3.86. The summed E-state index contributed by atoms with van der Waals surface area (Å²) in [5.74, 6) is -0.295. The molecule has 0 saturated heterocycles. The maximum atomic E-state index is 11.6. The van der Waals surface area contributed by atoms with Crippen LogP contribution in [0.15, 0.2) is 6.20 Å². The molecule has 0 fully saturated rings. The second kappa shape index (κ2) is 5.40. The molecule has 0 radical (unpaired) electrons. The van der Waals surface area contributed by atoms with Crippen molar-refractivity contribution in [3.63, 3.8) is 0 Å². The summed E-state index contributed by atoms with van der Waals surface area (Å²) >= 11 is 0. The number of aryl methyl sites for hydroxylation is 1. The van der Waals surface area contributed by atoms with E-state index in [1.54, 1.807) is 10.9 Å². The Morgan fingerprint density at radius 3 is 2.65 bits per heavy atom. The lowest BCUT2D eigenvalue weighted by Crippen LogP contribution is -2.35. The van der Waals surface area contributed by atoms with Gasteiger partial charge in [-0.1, -0.05) is 13.8 Å². The molecule has 8 nitrogen and oxygen atoms in total. The van der Waals surface area contributed by atoms with Gasteiger partial charge in [0.2, 0.25) is 0 Å². The molecule has 0 aromatic carbocycles. The van der Waals surface area contributed by atoms with Gasteiger partial charge in [0, 0.05) is 5.69 Å². The molecule has 0 spiro atoms. The molecule has 8 heteroatoms. The number of hydrogen-bond donors (Lipinski definition) is 2. The van der Waals surface area contributed by atoms with Crippen molar-refractivity contribution in [3.8, 4) is 11.4 Å². The lowest BCUT2D eigenvalue weighted by molar-refractivity contribution is -0.150. The molecule has 2 aromatic rings. The fourth-order valence-electron chi connectivity index (χ4n) is 2.21. The van der Waals surface area contributed by atoms with Gasteiger partial charge in [-0.3, -0.25) is 9.89 Å². The topological polar surface area (TPSA) is 110 Å². The highest BCUT2D eigenvalue weighted by Gasteiger charge is 2.36. The van der Waals surface area contributed by atoms with E-state index in [-0.39, 0.29) is 6.54 Å². The van der Waals surface area contributed by atoms with Crippen LogP contribution in [-0.4, -0.2) is 41.5 Å². The van der Waals surface area contributed by atoms with Crippen molar-refractivity contribution in [3.05, 3.63) is 11.9 Å². The molecule has 2 rings (SSSR count). The highest BCUT2D eigenvalue weighted by atomic mass is 16.4. The number of H-pyrrole nitrogens is 1. The van der Waals surface area contributed by atoms with Gasteiger partial charge < -0.3 is 5.11 Å². The number of carbonyl (C=O) groups is 1. The van der Waals surface area contributed by atoms with Gasteiger partial charge in [0.15, 0.2) is 5.82 Å². The van der Waals surface area contributed by atoms with E-state index in [4.69, 9.17) is 0 Å². The van der Waals surface area contributed by atoms with Crippen LogP contribution in [0.2, 0.25) is 0 Å². The minimum Gasteiger partial charge on any atom is -0.481 e. The molecule has 0 aliphatic carbocycles. The number of aliphatic carboxylic acids is 1. The fourth-order valence-corrected chi connectivity index (χ4v) is 2.21. The third-order valence-electron chi connectivity index (χ3n) is 3.86. The van der Waals surface area contributed by atoms with Crippen molar-refractivity contribution in [1.82, 2.24) is 30.4 Å². The first-order chi connectivity index (χ1) is 9.54. The zero-order valence-electron chi connectivity index (χ0n) is 11.8. The van der Waals surface area contributed by atoms with E-state index in [2.05, 4.69) is 25.7 Å². The van der Waals surface area contributed by atoms with Gasteiger partial charge in [-0.05, 0) is 30.2 Å². The molecule has 0 saturated carbocycles. The average molecular weight is 278 g/mol. The monoisotopic (exact) mass is 278 g/mol. The molecular formula is C12H18N6O2. The van der Waals surface area contributed by atoms with Gasteiger partial charge in [0.25, 0.3) is 0 Å². The molecule has 20 heavy (non-hydrogen) atoms. The van der Waals surface area contributed by atoms with Crippen LogP contribution in [0.5, 0.6) is 0 Å². The van der Waals surface area contributed by atoms with E-state index in [9.17, 15) is 9.90 Å². The predicted molar refractivity (Wildman–Crippen MR) is 70.8 cm³/mol. The number of nitrogens with zero attached hydrogens (tertiary/aromatic N) is 5. The van der Waals surface area contributed by atoms with Crippen LogP contribution >= 0.6 is 0 Å². The number of tetrazole rings is 1. The molecule has 0 unspecified atom stereocenters. The normalized spacial score (nSPS) is 11.8. The molecule has 0 aliphatic rings. The summed E-state index contributed by atoms with van der Waals surface area (Å²) in [6, 6.07) is 0. The molecule has 2 aromatic heterocycles. The Hall–Kier alpha value is -2.25. The Morgan fingerprint density at radius 1 is 1.45 bits per heavy atom. The maximum Gasteiger partial charge on any atom is 0.311 e. The molecule has 2 N–H and O–H groups in total. The Balaban J connectivity index is 2.38. The molecule has 0 bridgehead atoms. The standard InChI is InChI=1S/C12H18N6O2/c1-4-12(5-2,11(19)20)7-18-10(15-16-17-18)9-6-13-14-8(9)3/h6H,4-5,7H2,1-3H3,(H,13,14)(H,19,20). The summed E-state index contributed by atoms with van der Waals surface area (Å²) in [6.07, 6.45) is 2.67. The second-order valence-corrected chi connectivity index (χ2v) is 4.86. The van der Waals surface area contributed by atoms with Crippen LogP contribution < -0.4 is 0 Å². The summed E-state index contributed by atoms with van der Waals surface area (Å²) in [7, 11) is 0. The Labute approximate surface area is 116 Å². The van der Waals surface area contributed by atoms with Crippen molar-refractivity contribution >= 4 is 5.97 Å². The van der Waals surface area contributed by atoms with E-state index >= 15 is 0 Å². The molecular weight excluding hydrogens is 260 g/mol. The highest BCUT2D eigenvalue weighted by Crippen LogP contribution is 2.30. The van der Waals surface area contributed by atoms with Crippen LogP contribution in [0, 0.1) is 12.3 Å². The average Bonchev–Trinajstić information content (AvgIpc) is 3.04. The van der Waals surface area contributed by atoms with Crippen molar-refractivity contribution < 1.29 is 9.90 Å². The summed E-state index contributed by atoms with van der Waals surface area (Å²) < 4.78 is 1.54. The largest absolute Gasteiger partial charge is 0.481 e. The summed E-state index contributed by atoms with van der Waals surface area (Å²) in [6.45, 7) is 5.84. The van der Waals surface area contributed by atoms with Gasteiger partial charge >= 0.3 is 5.97 Å². The number of nitrogens with one attached hydrogen (secondary N) is 1. The number of aromatic amines is 1. The first-order valence-corrected chi connectivity index (χ1v) is 6.54. The zero-order chi connectivity index (χ0) is 14.8. The van der Waals surface area contributed by atoms with E-state index in [1.807, 2.05) is 20.8 Å². The first kappa shape index (κ1) is 14.2. The van der Waals surface area contributed by atoms with Crippen LogP contribution in [0.4, 0.5) is 0 Å². The lowest BCUT2D eigenvalue weighted by atomic mass is 9.82. The summed E-state index contributed by atoms with van der Waals surface area (Å²) in [4.78, 5) is 11.6. The number of carboxylic acids is 1. The van der Waals surface area contributed by atoms with Crippen LogP contribution in [0.25, 0.3) is 11.4 Å². The van der Waals surface area contributed by atoms with E-state index in [1.165, 1.54) is 0 Å². The summed E-state index contributed by atoms with van der Waals surface area (Å²) in [5.41, 5.74) is 0.762. The van der Waals surface area contributed by atoms with E-state index in [0.29, 0.717) is 18.7 Å². The lowest BCUT2D eigenvalue weighted by Gasteiger charge is -2.26. The number of aromatic nitrogens is 6. The second-order valence-electron chi connectivity index (χ2n) is 4.86. The van der Waals surface area contributed by atoms with Crippen molar-refractivity contribution in [2.45, 2.75) is 40.2 Å². The van der Waals surface area contributed by atoms with Crippen molar-refractivity contribution in [1.29, 1.82) is 0 Å².